The molecule has 11 aromatic rings. The molecule has 0 saturated carbocycles. The van der Waals surface area contributed by atoms with Crippen LogP contribution in [0.1, 0.15) is 0 Å². The van der Waals surface area contributed by atoms with Crippen molar-refractivity contribution in [2.75, 3.05) is 0 Å². The van der Waals surface area contributed by atoms with Crippen LogP contribution in [0.2, 0.25) is 0 Å². The van der Waals surface area contributed by atoms with Gasteiger partial charge in [0.05, 0.1) is 27.9 Å². The molecule has 252 valence electrons. The standard InChI is InChI=1S/C50H32N4/c1-2-18-37(19-3-1)53-46-26-10-11-27-47(46)54-45-25-9-8-22-42(45)48(50(53)54)36-30-28-35(29-31-36)43-32-44(40-23-12-16-33-14-4-6-20-38(33)40)52-49(51-43)41-24-13-17-34-15-5-7-21-39(34)41/h1-32H. The quantitative estimate of drug-likeness (QED) is 0.180. The number of hydrogen-bond donors (Lipinski definition) is 0. The van der Waals surface area contributed by atoms with E-state index in [1.807, 2.05) is 0 Å². The Morgan fingerprint density at radius 1 is 0.370 bits per heavy atom. The van der Waals surface area contributed by atoms with E-state index in [1.54, 1.807) is 0 Å². The van der Waals surface area contributed by atoms with Gasteiger partial charge in [0.1, 0.15) is 5.65 Å². The summed E-state index contributed by atoms with van der Waals surface area (Å²) in [7, 11) is 0. The summed E-state index contributed by atoms with van der Waals surface area (Å²) in [6.07, 6.45) is 0. The van der Waals surface area contributed by atoms with Crippen molar-refractivity contribution in [2.24, 2.45) is 0 Å². The molecule has 0 aliphatic heterocycles. The number of hydrogen-bond acceptors (Lipinski definition) is 2. The fourth-order valence-corrected chi connectivity index (χ4v) is 8.29. The molecule has 0 saturated heterocycles. The average Bonchev–Trinajstić information content (AvgIpc) is 3.76. The van der Waals surface area contributed by atoms with Crippen molar-refractivity contribution < 1.29 is 0 Å². The Kier molecular flexibility index (Phi) is 6.82. The molecule has 0 unspecified atom stereocenters. The lowest BCUT2D eigenvalue weighted by Crippen LogP contribution is -1.97. The van der Waals surface area contributed by atoms with E-state index in [4.69, 9.17) is 9.97 Å². The summed E-state index contributed by atoms with van der Waals surface area (Å²) in [5, 5.41) is 5.87. The Hall–Kier alpha value is -7.30. The van der Waals surface area contributed by atoms with Crippen molar-refractivity contribution in [1.29, 1.82) is 0 Å². The van der Waals surface area contributed by atoms with Crippen molar-refractivity contribution in [3.63, 3.8) is 0 Å². The van der Waals surface area contributed by atoms with Gasteiger partial charge in [0.25, 0.3) is 0 Å². The molecular formula is C50H32N4. The number of imidazole rings is 1. The topological polar surface area (TPSA) is 35.1 Å². The van der Waals surface area contributed by atoms with E-state index in [-0.39, 0.29) is 0 Å². The van der Waals surface area contributed by atoms with Crippen molar-refractivity contribution in [3.8, 4) is 50.7 Å². The van der Waals surface area contributed by atoms with Gasteiger partial charge in [-0.05, 0) is 63.5 Å². The zero-order chi connectivity index (χ0) is 35.6. The van der Waals surface area contributed by atoms with Crippen molar-refractivity contribution >= 4 is 49.1 Å². The molecule has 11 rings (SSSR count). The first-order valence-electron chi connectivity index (χ1n) is 18.3. The minimum absolute atomic E-state index is 0.712. The summed E-state index contributed by atoms with van der Waals surface area (Å²) in [4.78, 5) is 10.6. The fourth-order valence-electron chi connectivity index (χ4n) is 8.29. The molecule has 4 heteroatoms. The average molecular weight is 689 g/mol. The van der Waals surface area contributed by atoms with E-state index in [0.29, 0.717) is 5.82 Å². The molecular weight excluding hydrogens is 657 g/mol. The van der Waals surface area contributed by atoms with Crippen LogP contribution >= 0.6 is 0 Å². The van der Waals surface area contributed by atoms with Gasteiger partial charge in [-0.25, -0.2) is 9.97 Å². The van der Waals surface area contributed by atoms with Gasteiger partial charge in [-0.15, -0.1) is 0 Å². The number of aromatic nitrogens is 4. The number of nitrogens with zero attached hydrogens (tertiary/aromatic N) is 4. The minimum Gasteiger partial charge on any atom is -0.293 e. The predicted octanol–water partition coefficient (Wildman–Crippen LogP) is 12.8. The third-order valence-electron chi connectivity index (χ3n) is 10.7. The van der Waals surface area contributed by atoms with E-state index >= 15 is 0 Å². The normalized spacial score (nSPS) is 11.7. The van der Waals surface area contributed by atoms with Crippen LogP contribution in [-0.2, 0) is 0 Å². The van der Waals surface area contributed by atoms with Gasteiger partial charge in [-0.2, -0.15) is 0 Å². The van der Waals surface area contributed by atoms with Crippen molar-refractivity contribution in [2.45, 2.75) is 0 Å². The van der Waals surface area contributed by atoms with Crippen LogP contribution < -0.4 is 0 Å². The lowest BCUT2D eigenvalue weighted by Gasteiger charge is -2.13. The molecule has 54 heavy (non-hydrogen) atoms. The smallest absolute Gasteiger partial charge is 0.161 e. The van der Waals surface area contributed by atoms with Crippen LogP contribution in [0.3, 0.4) is 0 Å². The van der Waals surface area contributed by atoms with Crippen molar-refractivity contribution in [1.82, 2.24) is 18.9 Å². The molecule has 0 bridgehead atoms. The van der Waals surface area contributed by atoms with Crippen molar-refractivity contribution in [3.05, 3.63) is 194 Å². The summed E-state index contributed by atoms with van der Waals surface area (Å²) in [5.74, 6) is 0.712. The Bertz CT molecular complexity index is 3100. The molecule has 3 aromatic heterocycles. The maximum absolute atomic E-state index is 5.29. The Labute approximate surface area is 311 Å². The van der Waals surface area contributed by atoms with Gasteiger partial charge in [0.15, 0.2) is 5.82 Å². The molecule has 0 fully saturated rings. The predicted molar refractivity (Wildman–Crippen MR) is 224 cm³/mol. The molecule has 0 atom stereocenters. The lowest BCUT2D eigenvalue weighted by molar-refractivity contribution is 1.15. The Morgan fingerprint density at radius 3 is 1.65 bits per heavy atom. The van der Waals surface area contributed by atoms with Gasteiger partial charge in [-0.3, -0.25) is 8.97 Å². The zero-order valence-corrected chi connectivity index (χ0v) is 29.3. The van der Waals surface area contributed by atoms with E-state index in [0.717, 1.165) is 50.4 Å². The first kappa shape index (κ1) is 30.3. The molecule has 0 aliphatic carbocycles. The maximum atomic E-state index is 5.29. The Balaban J connectivity index is 1.13. The molecule has 8 aromatic carbocycles. The van der Waals surface area contributed by atoms with E-state index in [9.17, 15) is 0 Å². The third-order valence-corrected chi connectivity index (χ3v) is 10.7. The van der Waals surface area contributed by atoms with Gasteiger partial charge in [0, 0.05) is 33.3 Å². The first-order valence-corrected chi connectivity index (χ1v) is 18.3. The number of benzene rings is 8. The summed E-state index contributed by atoms with van der Waals surface area (Å²) >= 11 is 0. The molecule has 3 heterocycles. The van der Waals surface area contributed by atoms with Crippen LogP contribution in [0.4, 0.5) is 0 Å². The molecule has 0 spiro atoms. The largest absolute Gasteiger partial charge is 0.293 e. The molecule has 0 radical (unpaired) electrons. The number of fused-ring (bicyclic) bond motifs is 7. The summed E-state index contributed by atoms with van der Waals surface area (Å²) in [6.45, 7) is 0. The first-order chi connectivity index (χ1) is 26.8. The monoisotopic (exact) mass is 688 g/mol. The fraction of sp³-hybridized carbons (Fsp3) is 0. The van der Waals surface area contributed by atoms with Crippen LogP contribution in [0.5, 0.6) is 0 Å². The second-order valence-electron chi connectivity index (χ2n) is 13.8. The van der Waals surface area contributed by atoms with Gasteiger partial charge < -0.3 is 0 Å². The van der Waals surface area contributed by atoms with Crippen LogP contribution in [0.15, 0.2) is 194 Å². The SMILES string of the molecule is c1ccc(-n2c3ccccc3n3c4ccccc4c(-c4ccc(-c5cc(-c6cccc7ccccc67)nc(-c6cccc7ccccc67)n5)cc4)c23)cc1. The highest BCUT2D eigenvalue weighted by atomic mass is 15.1. The zero-order valence-electron chi connectivity index (χ0n) is 29.3. The molecule has 0 amide bonds. The van der Waals surface area contributed by atoms with E-state index in [2.05, 4.69) is 203 Å². The molecule has 0 aliphatic rings. The van der Waals surface area contributed by atoms with E-state index in [1.165, 1.54) is 43.7 Å². The molecule has 4 nitrogen and oxygen atoms in total. The summed E-state index contributed by atoms with van der Waals surface area (Å²) in [6, 6.07) is 69.0. The minimum atomic E-state index is 0.712. The number of rotatable bonds is 5. The second kappa shape index (κ2) is 12.1. The second-order valence-corrected chi connectivity index (χ2v) is 13.8. The van der Waals surface area contributed by atoms with Gasteiger partial charge >= 0.3 is 0 Å². The maximum Gasteiger partial charge on any atom is 0.161 e. The van der Waals surface area contributed by atoms with Crippen LogP contribution in [0.25, 0.3) is 99.8 Å². The highest BCUT2D eigenvalue weighted by molar-refractivity contribution is 6.09. The lowest BCUT2D eigenvalue weighted by atomic mass is 9.98. The highest BCUT2D eigenvalue weighted by Crippen LogP contribution is 2.41. The summed E-state index contributed by atoms with van der Waals surface area (Å²) in [5.41, 5.74) is 13.1. The van der Waals surface area contributed by atoms with Gasteiger partial charge in [-0.1, -0.05) is 158 Å². The molecule has 0 N–H and O–H groups in total. The van der Waals surface area contributed by atoms with Crippen LogP contribution in [0, 0.1) is 0 Å². The third kappa shape index (κ3) is 4.70. The highest BCUT2D eigenvalue weighted by Gasteiger charge is 2.22. The van der Waals surface area contributed by atoms with Crippen LogP contribution in [-0.4, -0.2) is 18.9 Å². The van der Waals surface area contributed by atoms with E-state index < -0.39 is 0 Å². The Morgan fingerprint density at radius 2 is 0.907 bits per heavy atom. The number of para-hydroxylation sites is 4. The summed E-state index contributed by atoms with van der Waals surface area (Å²) < 4.78 is 4.81. The van der Waals surface area contributed by atoms with Gasteiger partial charge in [0.2, 0.25) is 0 Å².